The van der Waals surface area contributed by atoms with Gasteiger partial charge < -0.3 is 5.32 Å². The van der Waals surface area contributed by atoms with Crippen molar-refractivity contribution in [3.63, 3.8) is 0 Å². The van der Waals surface area contributed by atoms with Crippen molar-refractivity contribution < 1.29 is 8.78 Å². The summed E-state index contributed by atoms with van der Waals surface area (Å²) < 4.78 is 26.1. The highest BCUT2D eigenvalue weighted by atomic mass is 19.1. The summed E-state index contributed by atoms with van der Waals surface area (Å²) in [6.45, 7) is 4.82. The van der Waals surface area contributed by atoms with Crippen molar-refractivity contribution in [1.82, 2.24) is 15.5 Å². The normalized spacial score (nSPS) is 10.9. The molecule has 1 aromatic heterocycles. The largest absolute Gasteiger partial charge is 0.308 e. The molecule has 2 aromatic rings. The molecule has 96 valence electrons. The minimum atomic E-state index is -0.558. The molecule has 0 aliphatic rings. The predicted octanol–water partition coefficient (Wildman–Crippen LogP) is 2.59. The summed E-state index contributed by atoms with van der Waals surface area (Å²) in [4.78, 5) is 0. The first kappa shape index (κ1) is 12.7. The Hall–Kier alpha value is -1.75. The molecule has 2 rings (SSSR count). The van der Waals surface area contributed by atoms with Crippen LogP contribution in [0.5, 0.6) is 0 Å². The number of hydrogen-bond donors (Lipinski definition) is 2. The van der Waals surface area contributed by atoms with Gasteiger partial charge in [0.25, 0.3) is 0 Å². The number of hydrogen-bond acceptors (Lipinski definition) is 2. The first-order valence-corrected chi connectivity index (χ1v) is 5.73. The van der Waals surface area contributed by atoms with Gasteiger partial charge in [0.2, 0.25) is 0 Å². The first-order valence-electron chi connectivity index (χ1n) is 5.73. The van der Waals surface area contributed by atoms with E-state index < -0.39 is 11.6 Å². The second-order valence-corrected chi connectivity index (χ2v) is 4.25. The van der Waals surface area contributed by atoms with E-state index in [1.54, 1.807) is 0 Å². The van der Waals surface area contributed by atoms with Crippen molar-refractivity contribution in [2.45, 2.75) is 26.9 Å². The van der Waals surface area contributed by atoms with Crippen molar-refractivity contribution in [3.8, 4) is 0 Å². The molecule has 5 heteroatoms. The van der Waals surface area contributed by atoms with Gasteiger partial charge in [-0.1, -0.05) is 6.07 Å². The molecule has 0 spiro atoms. The number of rotatable bonds is 4. The topological polar surface area (TPSA) is 40.7 Å². The Morgan fingerprint density at radius 2 is 2.00 bits per heavy atom. The fraction of sp³-hybridized carbons (Fsp3) is 0.308. The molecule has 1 heterocycles. The summed E-state index contributed by atoms with van der Waals surface area (Å²) in [5.74, 6) is -1.08. The quantitative estimate of drug-likeness (QED) is 0.877. The number of aryl methyl sites for hydroxylation is 2. The summed E-state index contributed by atoms with van der Waals surface area (Å²) in [6.07, 6.45) is 0. The minimum absolute atomic E-state index is 0.357. The number of benzene rings is 1. The van der Waals surface area contributed by atoms with Crippen molar-refractivity contribution in [3.05, 3.63) is 52.3 Å². The van der Waals surface area contributed by atoms with Gasteiger partial charge in [0.15, 0.2) is 0 Å². The van der Waals surface area contributed by atoms with Crippen LogP contribution in [-0.4, -0.2) is 10.2 Å². The molecule has 0 unspecified atom stereocenters. The number of H-pyrrole nitrogens is 1. The number of halogens is 2. The second-order valence-electron chi connectivity index (χ2n) is 4.25. The molecule has 18 heavy (non-hydrogen) atoms. The van der Waals surface area contributed by atoms with Crippen LogP contribution in [-0.2, 0) is 13.1 Å². The van der Waals surface area contributed by atoms with Crippen molar-refractivity contribution in [2.24, 2.45) is 0 Å². The van der Waals surface area contributed by atoms with Crippen LogP contribution in [0.25, 0.3) is 0 Å². The molecule has 0 fully saturated rings. The van der Waals surface area contributed by atoms with E-state index in [-0.39, 0.29) is 0 Å². The molecular formula is C13H15F2N3. The Bertz CT molecular complexity index is 530. The van der Waals surface area contributed by atoms with Gasteiger partial charge in [-0.15, -0.1) is 0 Å². The van der Waals surface area contributed by atoms with Crippen molar-refractivity contribution >= 4 is 0 Å². The third-order valence-electron chi connectivity index (χ3n) is 2.91. The third-order valence-corrected chi connectivity index (χ3v) is 2.91. The van der Waals surface area contributed by atoms with Crippen LogP contribution in [0.3, 0.4) is 0 Å². The molecular weight excluding hydrogens is 236 g/mol. The first-order chi connectivity index (χ1) is 8.58. The summed E-state index contributed by atoms with van der Waals surface area (Å²) >= 11 is 0. The number of nitrogens with one attached hydrogen (secondary N) is 2. The lowest BCUT2D eigenvalue weighted by Crippen LogP contribution is -2.14. The van der Waals surface area contributed by atoms with Gasteiger partial charge in [0.05, 0.1) is 5.69 Å². The summed E-state index contributed by atoms with van der Waals surface area (Å²) in [6, 6.07) is 3.60. The minimum Gasteiger partial charge on any atom is -0.308 e. The lowest BCUT2D eigenvalue weighted by Gasteiger charge is -2.06. The Labute approximate surface area is 104 Å². The summed E-state index contributed by atoms with van der Waals surface area (Å²) in [5, 5.41) is 10.1. The maximum atomic E-state index is 13.4. The Morgan fingerprint density at radius 1 is 1.22 bits per heavy atom. The molecule has 0 radical (unpaired) electrons. The van der Waals surface area contributed by atoms with E-state index in [1.165, 1.54) is 12.1 Å². The van der Waals surface area contributed by atoms with Crippen LogP contribution in [0.4, 0.5) is 8.78 Å². The van der Waals surface area contributed by atoms with E-state index in [4.69, 9.17) is 0 Å². The van der Waals surface area contributed by atoms with Crippen LogP contribution >= 0.6 is 0 Å². The van der Waals surface area contributed by atoms with Crippen LogP contribution in [0.2, 0.25) is 0 Å². The molecule has 0 atom stereocenters. The number of aromatic nitrogens is 2. The zero-order valence-corrected chi connectivity index (χ0v) is 10.3. The van der Waals surface area contributed by atoms with Crippen LogP contribution in [0, 0.1) is 25.5 Å². The van der Waals surface area contributed by atoms with E-state index in [9.17, 15) is 8.78 Å². The summed E-state index contributed by atoms with van der Waals surface area (Å²) in [7, 11) is 0. The Morgan fingerprint density at radius 3 is 2.61 bits per heavy atom. The average Bonchev–Trinajstić information content (AvgIpc) is 2.63. The molecule has 0 bridgehead atoms. The maximum Gasteiger partial charge on any atom is 0.130 e. The van der Waals surface area contributed by atoms with Gasteiger partial charge in [-0.3, -0.25) is 5.10 Å². The third kappa shape index (κ3) is 2.73. The fourth-order valence-corrected chi connectivity index (χ4v) is 1.82. The summed E-state index contributed by atoms with van der Waals surface area (Å²) in [5.41, 5.74) is 3.46. The standard InChI is InChI=1S/C13H15F2N3/c1-8-12(9(2)18-17-8)7-16-6-10-3-4-11(14)5-13(10)15/h3-5,16H,6-7H2,1-2H3,(H,17,18). The van der Waals surface area contributed by atoms with Gasteiger partial charge in [0, 0.05) is 36.0 Å². The Kier molecular flexibility index (Phi) is 3.72. The molecule has 0 saturated carbocycles. The van der Waals surface area contributed by atoms with E-state index in [0.717, 1.165) is 23.0 Å². The van der Waals surface area contributed by atoms with Gasteiger partial charge in [-0.05, 0) is 19.9 Å². The number of aromatic amines is 1. The molecule has 3 nitrogen and oxygen atoms in total. The lowest BCUT2D eigenvalue weighted by atomic mass is 10.1. The highest BCUT2D eigenvalue weighted by molar-refractivity contribution is 5.23. The van der Waals surface area contributed by atoms with E-state index >= 15 is 0 Å². The smallest absolute Gasteiger partial charge is 0.130 e. The predicted molar refractivity (Wildman–Crippen MR) is 65.0 cm³/mol. The SMILES string of the molecule is Cc1n[nH]c(C)c1CNCc1ccc(F)cc1F. The second kappa shape index (κ2) is 5.27. The van der Waals surface area contributed by atoms with Crippen LogP contribution < -0.4 is 5.32 Å². The van der Waals surface area contributed by atoms with Gasteiger partial charge in [-0.2, -0.15) is 5.10 Å². The van der Waals surface area contributed by atoms with Crippen LogP contribution in [0.1, 0.15) is 22.5 Å². The molecule has 2 N–H and O–H groups in total. The van der Waals surface area contributed by atoms with E-state index in [1.807, 2.05) is 13.8 Å². The highest BCUT2D eigenvalue weighted by Crippen LogP contribution is 2.11. The monoisotopic (exact) mass is 251 g/mol. The molecule has 0 aliphatic carbocycles. The van der Waals surface area contributed by atoms with Gasteiger partial charge in [0.1, 0.15) is 11.6 Å². The van der Waals surface area contributed by atoms with E-state index in [0.29, 0.717) is 18.7 Å². The molecule has 0 amide bonds. The highest BCUT2D eigenvalue weighted by Gasteiger charge is 2.07. The Balaban J connectivity index is 1.96. The lowest BCUT2D eigenvalue weighted by molar-refractivity contribution is 0.560. The van der Waals surface area contributed by atoms with Gasteiger partial charge in [-0.25, -0.2) is 8.78 Å². The molecule has 0 saturated heterocycles. The zero-order chi connectivity index (χ0) is 13.1. The fourth-order valence-electron chi connectivity index (χ4n) is 1.82. The average molecular weight is 251 g/mol. The molecule has 1 aromatic carbocycles. The van der Waals surface area contributed by atoms with Crippen LogP contribution in [0.15, 0.2) is 18.2 Å². The molecule has 0 aliphatic heterocycles. The van der Waals surface area contributed by atoms with Crippen molar-refractivity contribution in [2.75, 3.05) is 0 Å². The zero-order valence-electron chi connectivity index (χ0n) is 10.3. The number of nitrogens with zero attached hydrogens (tertiary/aromatic N) is 1. The maximum absolute atomic E-state index is 13.4. The van der Waals surface area contributed by atoms with E-state index in [2.05, 4.69) is 15.5 Å². The van der Waals surface area contributed by atoms with Gasteiger partial charge >= 0.3 is 0 Å². The van der Waals surface area contributed by atoms with Crippen molar-refractivity contribution in [1.29, 1.82) is 0 Å².